The van der Waals surface area contributed by atoms with Gasteiger partial charge in [-0.2, -0.15) is 0 Å². The minimum atomic E-state index is -2.38. The van der Waals surface area contributed by atoms with Crippen LogP contribution in [0.25, 0.3) is 6.08 Å². The second kappa shape index (κ2) is 5.93. The first-order valence-electron chi connectivity index (χ1n) is 8.21. The van der Waals surface area contributed by atoms with Crippen LogP contribution < -0.4 is 8.64 Å². The number of halogens is 1. The molecule has 3 nitrogen and oxygen atoms in total. The van der Waals surface area contributed by atoms with Crippen molar-refractivity contribution in [3.63, 3.8) is 0 Å². The van der Waals surface area contributed by atoms with E-state index in [1.807, 2.05) is 12.1 Å². The molecule has 1 saturated heterocycles. The molecule has 0 aromatic heterocycles. The Bertz CT molecular complexity index is 956. The molecule has 2 unspecified atom stereocenters. The van der Waals surface area contributed by atoms with Crippen LogP contribution in [-0.4, -0.2) is 37.8 Å². The van der Waals surface area contributed by atoms with Gasteiger partial charge in [-0.3, -0.25) is 0 Å². The molecule has 0 saturated carbocycles. The minimum absolute atomic E-state index is 0.108. The van der Waals surface area contributed by atoms with Crippen molar-refractivity contribution in [2.75, 3.05) is 0 Å². The standard InChI is InChI=1S/C19H13ClNO2S.In/c20-16-10-8-13(9-11-16)4-3-7-14-5-1-2-6-15(14)12-17-18(22)21-19(23)24-17;/h1-2,6-12,17H,4H2,(H,21,22,23);. The average molecular weight is 470 g/mol. The van der Waals surface area contributed by atoms with E-state index in [0.717, 1.165) is 11.4 Å². The van der Waals surface area contributed by atoms with Crippen molar-refractivity contribution in [3.8, 4) is 0 Å². The van der Waals surface area contributed by atoms with E-state index >= 15 is 0 Å². The maximum absolute atomic E-state index is 12.3. The Morgan fingerprint density at radius 3 is 2.60 bits per heavy atom. The molecular weight excluding hydrogens is 457 g/mol. The number of carbonyl (C=O) groups is 2. The summed E-state index contributed by atoms with van der Waals surface area (Å²) < 4.78 is 3.28. The van der Waals surface area contributed by atoms with Crippen LogP contribution in [-0.2, 0) is 11.2 Å². The molecule has 3 aliphatic heterocycles. The number of benzene rings is 2. The first-order valence-corrected chi connectivity index (χ1v) is 14.7. The van der Waals surface area contributed by atoms with Crippen LogP contribution in [0.1, 0.15) is 20.4 Å². The van der Waals surface area contributed by atoms with Gasteiger partial charge in [-0.25, -0.2) is 0 Å². The molecule has 0 spiro atoms. The summed E-state index contributed by atoms with van der Waals surface area (Å²) in [6.45, 7) is 0. The van der Waals surface area contributed by atoms with Gasteiger partial charge in [0.1, 0.15) is 0 Å². The zero-order valence-corrected chi connectivity index (χ0v) is 18.0. The first kappa shape index (κ1) is 16.0. The summed E-state index contributed by atoms with van der Waals surface area (Å²) in [5.41, 5.74) is 3.89. The fraction of sp³-hybridized carbons (Fsp3) is 0.158. The summed E-state index contributed by atoms with van der Waals surface area (Å²) in [6, 6.07) is 14.5. The molecule has 0 aliphatic carbocycles. The molecule has 25 heavy (non-hydrogen) atoms. The van der Waals surface area contributed by atoms with Crippen molar-refractivity contribution < 1.29 is 9.59 Å². The number of nitrogens with one attached hydrogen (secondary N) is 1. The number of thioether (sulfide) groups is 1. The van der Waals surface area contributed by atoms with Gasteiger partial charge in [-0.1, -0.05) is 0 Å². The van der Waals surface area contributed by atoms with Crippen LogP contribution in [0.2, 0.25) is 5.02 Å². The Kier molecular flexibility index (Phi) is 3.80. The number of rotatable bonds is 3. The van der Waals surface area contributed by atoms with Gasteiger partial charge in [0.2, 0.25) is 0 Å². The van der Waals surface area contributed by atoms with E-state index in [-0.39, 0.29) is 20.1 Å². The Balaban J connectivity index is 1.51. The molecule has 2 amide bonds. The SMILES string of the molecule is O=C1NC(=O)C([CH]2c3ccc[c]4c3C=[C](Cc3ccc(Cl)cc3)[In]42)S1. The maximum atomic E-state index is 12.3. The molecule has 0 radical (unpaired) electrons. The third kappa shape index (κ3) is 2.51. The van der Waals surface area contributed by atoms with Crippen LogP contribution in [0.5, 0.6) is 0 Å². The number of imide groups is 1. The summed E-state index contributed by atoms with van der Waals surface area (Å²) in [4.78, 5) is 24.0. The molecule has 1 fully saturated rings. The Morgan fingerprint density at radius 1 is 1.12 bits per heavy atom. The van der Waals surface area contributed by atoms with Crippen molar-refractivity contribution in [3.05, 3.63) is 67.5 Å². The van der Waals surface area contributed by atoms with Gasteiger partial charge in [-0.15, -0.1) is 0 Å². The quantitative estimate of drug-likeness (QED) is 0.751. The van der Waals surface area contributed by atoms with Gasteiger partial charge >= 0.3 is 163 Å². The molecule has 2 aromatic rings. The van der Waals surface area contributed by atoms with Crippen molar-refractivity contribution in [2.45, 2.75) is 15.3 Å². The number of amides is 2. The first-order chi connectivity index (χ1) is 12.1. The van der Waals surface area contributed by atoms with Gasteiger partial charge in [0.05, 0.1) is 0 Å². The van der Waals surface area contributed by atoms with E-state index < -0.39 is 21.4 Å². The van der Waals surface area contributed by atoms with E-state index in [1.54, 1.807) is 0 Å². The van der Waals surface area contributed by atoms with Crippen molar-refractivity contribution >= 4 is 65.3 Å². The third-order valence-corrected chi connectivity index (χ3v) is 18.3. The van der Waals surface area contributed by atoms with Gasteiger partial charge < -0.3 is 0 Å². The zero-order valence-electron chi connectivity index (χ0n) is 13.2. The van der Waals surface area contributed by atoms with E-state index in [9.17, 15) is 9.59 Å². The molecule has 6 heteroatoms. The second-order valence-electron chi connectivity index (χ2n) is 6.69. The molecular formula is C19H13ClInNO2S. The summed E-state index contributed by atoms with van der Waals surface area (Å²) >= 11 is 4.80. The second-order valence-corrected chi connectivity index (χ2v) is 16.9. The summed E-state index contributed by atoms with van der Waals surface area (Å²) in [5.74, 6) is -0.108. The third-order valence-electron chi connectivity index (χ3n) is 5.32. The van der Waals surface area contributed by atoms with Crippen LogP contribution in [0.15, 0.2) is 45.8 Å². The van der Waals surface area contributed by atoms with Gasteiger partial charge in [-0.05, 0) is 0 Å². The monoisotopic (exact) mass is 469 g/mol. The van der Waals surface area contributed by atoms with E-state index in [4.69, 9.17) is 11.6 Å². The Hall–Kier alpha value is -1.17. The fourth-order valence-electron chi connectivity index (χ4n) is 4.35. The summed E-state index contributed by atoms with van der Waals surface area (Å²) in [7, 11) is 0. The molecule has 3 aliphatic rings. The molecule has 4 bridgehead atoms. The average Bonchev–Trinajstić information content (AvgIpc) is 3.15. The fourth-order valence-corrected chi connectivity index (χ4v) is 18.8. The normalized spacial score (nSPS) is 23.2. The molecule has 122 valence electrons. The van der Waals surface area contributed by atoms with Crippen LogP contribution in [0.3, 0.4) is 0 Å². The number of allylic oxidation sites excluding steroid dienone is 1. The predicted octanol–water partition coefficient (Wildman–Crippen LogP) is 3.21. The van der Waals surface area contributed by atoms with E-state index in [2.05, 4.69) is 41.7 Å². The number of carbonyl (C=O) groups excluding carboxylic acids is 2. The van der Waals surface area contributed by atoms with Crippen LogP contribution in [0.4, 0.5) is 4.79 Å². The summed E-state index contributed by atoms with van der Waals surface area (Å²) in [5, 5.41) is 2.77. The van der Waals surface area contributed by atoms with Gasteiger partial charge in [0.25, 0.3) is 0 Å². The molecule has 5 rings (SSSR count). The Morgan fingerprint density at radius 2 is 1.92 bits per heavy atom. The van der Waals surface area contributed by atoms with Gasteiger partial charge in [0.15, 0.2) is 0 Å². The zero-order chi connectivity index (χ0) is 17.1. The number of hydrogen-bond donors (Lipinski definition) is 1. The van der Waals surface area contributed by atoms with Crippen molar-refractivity contribution in [1.29, 1.82) is 0 Å². The van der Waals surface area contributed by atoms with E-state index in [0.29, 0.717) is 0 Å². The van der Waals surface area contributed by atoms with Crippen LogP contribution >= 0.6 is 23.4 Å². The molecule has 2 atom stereocenters. The van der Waals surface area contributed by atoms with E-state index in [1.165, 1.54) is 35.1 Å². The topological polar surface area (TPSA) is 46.2 Å². The van der Waals surface area contributed by atoms with Crippen LogP contribution in [0, 0.1) is 0 Å². The Labute approximate surface area is 162 Å². The molecule has 3 heterocycles. The summed E-state index contributed by atoms with van der Waals surface area (Å²) in [6.07, 6.45) is 3.28. The van der Waals surface area contributed by atoms with Gasteiger partial charge in [0, 0.05) is 0 Å². The molecule has 1 N–H and O–H groups in total. The number of hydrogen-bond acceptors (Lipinski definition) is 3. The van der Waals surface area contributed by atoms with Crippen molar-refractivity contribution in [1.82, 2.24) is 5.32 Å². The predicted molar refractivity (Wildman–Crippen MR) is 103 cm³/mol. The molecule has 2 aromatic carbocycles. The van der Waals surface area contributed by atoms with Crippen molar-refractivity contribution in [2.24, 2.45) is 0 Å².